The van der Waals surface area contributed by atoms with Gasteiger partial charge in [-0.15, -0.1) is 0 Å². The summed E-state index contributed by atoms with van der Waals surface area (Å²) in [5, 5.41) is 6.15. The topological polar surface area (TPSA) is 59.9 Å². The molecule has 3 rings (SSSR count). The predicted molar refractivity (Wildman–Crippen MR) is 108 cm³/mol. The van der Waals surface area contributed by atoms with E-state index in [9.17, 15) is 4.79 Å². The lowest BCUT2D eigenvalue weighted by Gasteiger charge is -2.07. The summed E-state index contributed by atoms with van der Waals surface area (Å²) in [6, 6.07) is 17.5. The molecule has 0 heterocycles. The highest BCUT2D eigenvalue weighted by Crippen LogP contribution is 2.21. The summed E-state index contributed by atoms with van der Waals surface area (Å²) in [6.07, 6.45) is 1.61. The molecule has 5 nitrogen and oxygen atoms in total. The van der Waals surface area contributed by atoms with E-state index in [0.29, 0.717) is 5.75 Å². The van der Waals surface area contributed by atoms with E-state index in [0.717, 1.165) is 27.6 Å². The zero-order valence-corrected chi connectivity index (χ0v) is 15.7. The van der Waals surface area contributed by atoms with E-state index in [-0.39, 0.29) is 12.5 Å². The number of hydrogen-bond donors (Lipinski definition) is 1. The number of ether oxygens (including phenoxy) is 2. The molecule has 0 aliphatic carbocycles. The molecule has 0 saturated heterocycles. The average Bonchev–Trinajstić information content (AvgIpc) is 2.68. The van der Waals surface area contributed by atoms with Crippen molar-refractivity contribution in [2.75, 3.05) is 13.7 Å². The molecule has 0 bridgehead atoms. The lowest BCUT2D eigenvalue weighted by atomic mass is 10.1. The van der Waals surface area contributed by atoms with Gasteiger partial charge in [0.05, 0.1) is 13.3 Å². The Balaban J connectivity index is 1.55. The molecule has 1 N–H and O–H groups in total. The highest BCUT2D eigenvalue weighted by molar-refractivity contribution is 5.91. The maximum absolute atomic E-state index is 11.9. The van der Waals surface area contributed by atoms with Crippen molar-refractivity contribution in [2.45, 2.75) is 13.8 Å². The fourth-order valence-corrected chi connectivity index (χ4v) is 2.61. The Kier molecular flexibility index (Phi) is 5.71. The van der Waals surface area contributed by atoms with Crippen molar-refractivity contribution in [1.29, 1.82) is 0 Å². The Morgan fingerprint density at radius 3 is 2.48 bits per heavy atom. The molecule has 0 aromatic heterocycles. The van der Waals surface area contributed by atoms with Gasteiger partial charge in [-0.1, -0.05) is 24.3 Å². The Morgan fingerprint density at radius 1 is 0.963 bits per heavy atom. The smallest absolute Gasteiger partial charge is 0.277 e. The summed E-state index contributed by atoms with van der Waals surface area (Å²) in [7, 11) is 1.65. The van der Waals surface area contributed by atoms with Crippen LogP contribution in [-0.2, 0) is 4.79 Å². The van der Waals surface area contributed by atoms with Crippen LogP contribution in [0.5, 0.6) is 11.5 Å². The van der Waals surface area contributed by atoms with Crippen LogP contribution in [-0.4, -0.2) is 25.8 Å². The Bertz CT molecular complexity index is 996. The number of amides is 1. The molecule has 3 aromatic carbocycles. The van der Waals surface area contributed by atoms with E-state index in [1.54, 1.807) is 13.3 Å². The summed E-state index contributed by atoms with van der Waals surface area (Å²) in [5.74, 6) is 1.18. The quantitative estimate of drug-likeness (QED) is 0.533. The molecular weight excluding hydrogens is 340 g/mol. The van der Waals surface area contributed by atoms with Crippen molar-refractivity contribution in [3.8, 4) is 11.5 Å². The van der Waals surface area contributed by atoms with Crippen molar-refractivity contribution < 1.29 is 14.3 Å². The minimum absolute atomic E-state index is 0.0860. The first-order chi connectivity index (χ1) is 13.0. The number of fused-ring (bicyclic) bond motifs is 1. The molecule has 0 unspecified atom stereocenters. The molecule has 0 radical (unpaired) electrons. The van der Waals surface area contributed by atoms with E-state index in [1.165, 1.54) is 5.56 Å². The molecule has 5 heteroatoms. The molecule has 0 fully saturated rings. The van der Waals surface area contributed by atoms with Gasteiger partial charge in [0, 0.05) is 0 Å². The van der Waals surface area contributed by atoms with Crippen molar-refractivity contribution in [2.24, 2.45) is 5.10 Å². The maximum atomic E-state index is 11.9. The summed E-state index contributed by atoms with van der Waals surface area (Å²) in [4.78, 5) is 11.9. The number of benzene rings is 3. The number of hydrogen-bond acceptors (Lipinski definition) is 4. The second-order valence-corrected chi connectivity index (χ2v) is 6.30. The second kappa shape index (κ2) is 8.36. The van der Waals surface area contributed by atoms with Gasteiger partial charge < -0.3 is 9.47 Å². The summed E-state index contributed by atoms with van der Waals surface area (Å²) in [5.41, 5.74) is 5.68. The SMILES string of the molecule is COc1ccc2cc(/C=N\NC(=O)COc3ccc(C)c(C)c3)ccc2c1. The minimum atomic E-state index is -0.310. The van der Waals surface area contributed by atoms with Gasteiger partial charge in [-0.25, -0.2) is 5.43 Å². The third-order valence-electron chi connectivity index (χ3n) is 4.32. The largest absolute Gasteiger partial charge is 0.497 e. The fraction of sp³-hybridized carbons (Fsp3) is 0.182. The van der Waals surface area contributed by atoms with Crippen LogP contribution in [0.3, 0.4) is 0 Å². The van der Waals surface area contributed by atoms with Crippen LogP contribution < -0.4 is 14.9 Å². The van der Waals surface area contributed by atoms with E-state index in [4.69, 9.17) is 9.47 Å². The Hall–Kier alpha value is -3.34. The number of rotatable bonds is 6. The Labute approximate surface area is 158 Å². The van der Waals surface area contributed by atoms with Gasteiger partial charge >= 0.3 is 0 Å². The molecule has 138 valence electrons. The maximum Gasteiger partial charge on any atom is 0.277 e. The lowest BCUT2D eigenvalue weighted by molar-refractivity contribution is -0.123. The highest BCUT2D eigenvalue weighted by atomic mass is 16.5. The van der Waals surface area contributed by atoms with Crippen molar-refractivity contribution >= 4 is 22.9 Å². The minimum Gasteiger partial charge on any atom is -0.497 e. The van der Waals surface area contributed by atoms with Crippen molar-refractivity contribution in [3.05, 3.63) is 71.3 Å². The van der Waals surface area contributed by atoms with Gasteiger partial charge in [-0.05, 0) is 71.6 Å². The summed E-state index contributed by atoms with van der Waals surface area (Å²) in [6.45, 7) is 3.95. The first-order valence-corrected chi connectivity index (χ1v) is 8.65. The lowest BCUT2D eigenvalue weighted by Crippen LogP contribution is -2.24. The fourth-order valence-electron chi connectivity index (χ4n) is 2.61. The number of hydrazone groups is 1. The predicted octanol–water partition coefficient (Wildman–Crippen LogP) is 3.99. The average molecular weight is 362 g/mol. The number of aryl methyl sites for hydroxylation is 2. The third kappa shape index (κ3) is 4.85. The molecule has 0 spiro atoms. The number of carbonyl (C=O) groups excluding carboxylic acids is 1. The molecular formula is C22H22N2O3. The van der Waals surface area contributed by atoms with Gasteiger partial charge in [0.15, 0.2) is 6.61 Å². The van der Waals surface area contributed by atoms with Crippen LogP contribution in [0.1, 0.15) is 16.7 Å². The van der Waals surface area contributed by atoms with Gasteiger partial charge in [0.2, 0.25) is 0 Å². The highest BCUT2D eigenvalue weighted by Gasteiger charge is 2.03. The molecule has 0 saturated carbocycles. The molecule has 27 heavy (non-hydrogen) atoms. The molecule has 1 amide bonds. The molecule has 0 aliphatic rings. The van der Waals surface area contributed by atoms with Crippen LogP contribution >= 0.6 is 0 Å². The van der Waals surface area contributed by atoms with E-state index in [1.807, 2.05) is 68.4 Å². The first-order valence-electron chi connectivity index (χ1n) is 8.65. The van der Waals surface area contributed by atoms with E-state index in [2.05, 4.69) is 10.5 Å². The van der Waals surface area contributed by atoms with Crippen molar-refractivity contribution in [1.82, 2.24) is 5.43 Å². The number of nitrogens with one attached hydrogen (secondary N) is 1. The van der Waals surface area contributed by atoms with Gasteiger partial charge in [-0.2, -0.15) is 5.10 Å². The van der Waals surface area contributed by atoms with Crippen LogP contribution in [0.15, 0.2) is 59.7 Å². The van der Waals surface area contributed by atoms with Gasteiger partial charge in [0.25, 0.3) is 5.91 Å². The first kappa shape index (κ1) is 18.5. The number of nitrogens with zero attached hydrogens (tertiary/aromatic N) is 1. The van der Waals surface area contributed by atoms with Crippen LogP contribution in [0.4, 0.5) is 0 Å². The van der Waals surface area contributed by atoms with Crippen LogP contribution in [0, 0.1) is 13.8 Å². The van der Waals surface area contributed by atoms with Crippen LogP contribution in [0.2, 0.25) is 0 Å². The third-order valence-corrected chi connectivity index (χ3v) is 4.32. The molecule has 0 atom stereocenters. The van der Waals surface area contributed by atoms with E-state index >= 15 is 0 Å². The molecule has 3 aromatic rings. The van der Waals surface area contributed by atoms with Crippen molar-refractivity contribution in [3.63, 3.8) is 0 Å². The standard InChI is InChI=1S/C22H22N2O3/c1-15-4-8-21(10-16(15)2)27-14-22(25)24-23-13-17-5-6-19-12-20(26-3)9-7-18(19)11-17/h4-13H,14H2,1-3H3,(H,24,25)/b23-13-. The van der Waals surface area contributed by atoms with Gasteiger partial charge in [0.1, 0.15) is 11.5 Å². The number of methoxy groups -OCH3 is 1. The zero-order chi connectivity index (χ0) is 19.2. The zero-order valence-electron chi connectivity index (χ0n) is 15.7. The van der Waals surface area contributed by atoms with Gasteiger partial charge in [-0.3, -0.25) is 4.79 Å². The van der Waals surface area contributed by atoms with E-state index < -0.39 is 0 Å². The molecule has 0 aliphatic heterocycles. The summed E-state index contributed by atoms with van der Waals surface area (Å²) < 4.78 is 10.7. The second-order valence-electron chi connectivity index (χ2n) is 6.30. The normalized spacial score (nSPS) is 10.9. The number of carbonyl (C=O) groups is 1. The monoisotopic (exact) mass is 362 g/mol. The summed E-state index contributed by atoms with van der Waals surface area (Å²) >= 11 is 0. The Morgan fingerprint density at radius 2 is 1.70 bits per heavy atom. The van der Waals surface area contributed by atoms with Crippen LogP contribution in [0.25, 0.3) is 10.8 Å².